The van der Waals surface area contributed by atoms with Crippen LogP contribution >= 0.6 is 0 Å². The largest absolute Gasteiger partial charge is 0.480 e. The number of aryl methyl sites for hydroxylation is 1. The maximum atomic E-state index is 10.2. The lowest BCUT2D eigenvalue weighted by Gasteiger charge is -2.15. The molecule has 108 valence electrons. The van der Waals surface area contributed by atoms with Crippen molar-refractivity contribution in [2.75, 3.05) is 0 Å². The highest BCUT2D eigenvalue weighted by Gasteiger charge is 2.19. The number of hydrogen-bond acceptors (Lipinski definition) is 4. The van der Waals surface area contributed by atoms with Crippen LogP contribution in [0.25, 0.3) is 11.3 Å². The summed E-state index contributed by atoms with van der Waals surface area (Å²) in [6, 6.07) is 9.89. The molecule has 0 radical (unpaired) electrons. The fourth-order valence-corrected chi connectivity index (χ4v) is 2.51. The molecule has 0 aliphatic carbocycles. The SMILES string of the molecule is CCCc1cnc2nc(O)n(C(C)c3ccccc3)c2n1. The number of hydrogen-bond donors (Lipinski definition) is 1. The van der Waals surface area contributed by atoms with E-state index in [1.54, 1.807) is 10.8 Å². The van der Waals surface area contributed by atoms with Crippen molar-refractivity contribution in [2.45, 2.75) is 32.7 Å². The first-order valence-electron chi connectivity index (χ1n) is 7.18. The zero-order valence-electron chi connectivity index (χ0n) is 12.2. The summed E-state index contributed by atoms with van der Waals surface area (Å²) in [7, 11) is 0. The predicted molar refractivity (Wildman–Crippen MR) is 81.2 cm³/mol. The number of imidazole rings is 1. The summed E-state index contributed by atoms with van der Waals surface area (Å²) in [5.41, 5.74) is 3.13. The molecule has 0 bridgehead atoms. The van der Waals surface area contributed by atoms with Crippen LogP contribution in [0, 0.1) is 0 Å². The van der Waals surface area contributed by atoms with Gasteiger partial charge >= 0.3 is 0 Å². The van der Waals surface area contributed by atoms with Crippen LogP contribution in [0.1, 0.15) is 37.6 Å². The highest BCUT2D eigenvalue weighted by molar-refractivity contribution is 5.68. The number of nitrogens with zero attached hydrogens (tertiary/aromatic N) is 4. The molecule has 5 heteroatoms. The van der Waals surface area contributed by atoms with Crippen LogP contribution in [0.15, 0.2) is 36.5 Å². The van der Waals surface area contributed by atoms with Crippen molar-refractivity contribution in [3.63, 3.8) is 0 Å². The van der Waals surface area contributed by atoms with E-state index in [1.807, 2.05) is 37.3 Å². The van der Waals surface area contributed by atoms with Gasteiger partial charge in [0.2, 0.25) is 5.65 Å². The van der Waals surface area contributed by atoms with Crippen LogP contribution in [0.3, 0.4) is 0 Å². The summed E-state index contributed by atoms with van der Waals surface area (Å²) in [6.45, 7) is 4.12. The fourth-order valence-electron chi connectivity index (χ4n) is 2.51. The zero-order valence-corrected chi connectivity index (χ0v) is 12.2. The molecule has 1 aromatic carbocycles. The van der Waals surface area contributed by atoms with Gasteiger partial charge in [0, 0.05) is 0 Å². The number of rotatable bonds is 4. The molecule has 1 atom stereocenters. The second kappa shape index (κ2) is 5.52. The van der Waals surface area contributed by atoms with Gasteiger partial charge in [-0.3, -0.25) is 4.57 Å². The molecule has 0 amide bonds. The van der Waals surface area contributed by atoms with E-state index in [2.05, 4.69) is 21.9 Å². The lowest BCUT2D eigenvalue weighted by atomic mass is 10.1. The predicted octanol–water partition coefficient (Wildman–Crippen LogP) is 3.09. The smallest absolute Gasteiger partial charge is 0.298 e. The van der Waals surface area contributed by atoms with E-state index in [1.165, 1.54) is 0 Å². The Morgan fingerprint density at radius 1 is 1.19 bits per heavy atom. The second-order valence-electron chi connectivity index (χ2n) is 5.13. The molecule has 3 rings (SSSR count). The standard InChI is InChI=1S/C16H18N4O/c1-3-7-13-10-17-14-15(18-13)20(16(21)19-14)11(2)12-8-5-4-6-9-12/h4-6,8-11H,3,7H2,1-2H3,(H,17,19,21). The Hall–Kier alpha value is -2.43. The van der Waals surface area contributed by atoms with Crippen molar-refractivity contribution < 1.29 is 5.11 Å². The van der Waals surface area contributed by atoms with E-state index in [9.17, 15) is 5.11 Å². The van der Waals surface area contributed by atoms with Crippen LogP contribution in [0.2, 0.25) is 0 Å². The lowest BCUT2D eigenvalue weighted by Crippen LogP contribution is -2.07. The molecule has 1 N–H and O–H groups in total. The highest BCUT2D eigenvalue weighted by atomic mass is 16.3. The van der Waals surface area contributed by atoms with Crippen LogP contribution in [-0.4, -0.2) is 24.6 Å². The van der Waals surface area contributed by atoms with E-state index in [0.29, 0.717) is 11.3 Å². The van der Waals surface area contributed by atoms with Gasteiger partial charge in [0.15, 0.2) is 5.65 Å². The molecule has 0 aliphatic heterocycles. The molecule has 2 heterocycles. The van der Waals surface area contributed by atoms with Gasteiger partial charge in [-0.25, -0.2) is 9.97 Å². The van der Waals surface area contributed by atoms with E-state index in [0.717, 1.165) is 24.1 Å². The molecule has 3 aromatic rings. The summed E-state index contributed by atoms with van der Waals surface area (Å²) < 4.78 is 1.73. The van der Waals surface area contributed by atoms with Gasteiger partial charge in [0.1, 0.15) is 0 Å². The highest BCUT2D eigenvalue weighted by Crippen LogP contribution is 2.27. The first-order chi connectivity index (χ1) is 10.2. The normalized spacial score (nSPS) is 12.7. The van der Waals surface area contributed by atoms with E-state index < -0.39 is 0 Å². The number of aromatic hydroxyl groups is 1. The van der Waals surface area contributed by atoms with Crippen molar-refractivity contribution in [2.24, 2.45) is 0 Å². The monoisotopic (exact) mass is 282 g/mol. The topological polar surface area (TPSA) is 63.8 Å². The number of benzene rings is 1. The average molecular weight is 282 g/mol. The Balaban J connectivity index is 2.12. The third kappa shape index (κ3) is 2.46. The van der Waals surface area contributed by atoms with Gasteiger partial charge in [0.25, 0.3) is 6.01 Å². The van der Waals surface area contributed by atoms with Crippen molar-refractivity contribution in [1.82, 2.24) is 19.5 Å². The van der Waals surface area contributed by atoms with E-state index >= 15 is 0 Å². The van der Waals surface area contributed by atoms with Crippen molar-refractivity contribution in [3.05, 3.63) is 47.8 Å². The molecule has 0 saturated carbocycles. The average Bonchev–Trinajstić information content (AvgIpc) is 2.83. The Kier molecular flexibility index (Phi) is 3.56. The third-order valence-electron chi connectivity index (χ3n) is 3.61. The molecule has 1 unspecified atom stereocenters. The van der Waals surface area contributed by atoms with Gasteiger partial charge in [-0.05, 0) is 18.9 Å². The molecule has 0 fully saturated rings. The van der Waals surface area contributed by atoms with Crippen LogP contribution in [0.4, 0.5) is 0 Å². The minimum Gasteiger partial charge on any atom is -0.480 e. The summed E-state index contributed by atoms with van der Waals surface area (Å²) >= 11 is 0. The Morgan fingerprint density at radius 2 is 1.95 bits per heavy atom. The third-order valence-corrected chi connectivity index (χ3v) is 3.61. The van der Waals surface area contributed by atoms with Gasteiger partial charge in [-0.1, -0.05) is 43.7 Å². The Labute approximate surface area is 123 Å². The molecular formula is C16H18N4O. The minimum atomic E-state index is -0.0534. The molecule has 0 spiro atoms. The maximum absolute atomic E-state index is 10.2. The van der Waals surface area contributed by atoms with Crippen molar-refractivity contribution in [3.8, 4) is 6.01 Å². The van der Waals surface area contributed by atoms with Crippen molar-refractivity contribution in [1.29, 1.82) is 0 Å². The summed E-state index contributed by atoms with van der Waals surface area (Å²) in [6.07, 6.45) is 3.61. The van der Waals surface area contributed by atoms with Crippen LogP contribution < -0.4 is 0 Å². The second-order valence-corrected chi connectivity index (χ2v) is 5.13. The lowest BCUT2D eigenvalue weighted by molar-refractivity contribution is 0.393. The van der Waals surface area contributed by atoms with Crippen LogP contribution in [-0.2, 0) is 6.42 Å². The van der Waals surface area contributed by atoms with Gasteiger partial charge in [-0.2, -0.15) is 4.98 Å². The fraction of sp³-hybridized carbons (Fsp3) is 0.312. The number of aromatic nitrogens is 4. The molecular weight excluding hydrogens is 264 g/mol. The van der Waals surface area contributed by atoms with Gasteiger partial charge in [0.05, 0.1) is 17.9 Å². The summed E-state index contributed by atoms with van der Waals surface area (Å²) in [5, 5.41) is 10.2. The van der Waals surface area contributed by atoms with E-state index in [4.69, 9.17) is 0 Å². The Bertz CT molecular complexity index is 752. The van der Waals surface area contributed by atoms with Crippen molar-refractivity contribution >= 4 is 11.3 Å². The number of fused-ring (bicyclic) bond motifs is 1. The summed E-state index contributed by atoms with van der Waals surface area (Å²) in [4.78, 5) is 13.0. The first-order valence-corrected chi connectivity index (χ1v) is 7.18. The minimum absolute atomic E-state index is 0.0463. The molecule has 0 saturated heterocycles. The van der Waals surface area contributed by atoms with E-state index in [-0.39, 0.29) is 12.1 Å². The summed E-state index contributed by atoms with van der Waals surface area (Å²) in [5.74, 6) is 0. The first kappa shape index (κ1) is 13.5. The molecule has 2 aromatic heterocycles. The zero-order chi connectivity index (χ0) is 14.8. The van der Waals surface area contributed by atoms with Gasteiger partial charge in [-0.15, -0.1) is 0 Å². The molecule has 21 heavy (non-hydrogen) atoms. The van der Waals surface area contributed by atoms with Crippen LogP contribution in [0.5, 0.6) is 6.01 Å². The Morgan fingerprint density at radius 3 is 2.67 bits per heavy atom. The quantitative estimate of drug-likeness (QED) is 0.798. The maximum Gasteiger partial charge on any atom is 0.298 e. The molecule has 0 aliphatic rings. The van der Waals surface area contributed by atoms with Gasteiger partial charge < -0.3 is 5.11 Å². The molecule has 5 nitrogen and oxygen atoms in total.